The predicted octanol–water partition coefficient (Wildman–Crippen LogP) is 3.23. The number of aliphatic hydroxyl groups excluding tert-OH is 1. The summed E-state index contributed by atoms with van der Waals surface area (Å²) in [6.07, 6.45) is 2.71. The Hall–Kier alpha value is -1.03. The first-order valence-corrected chi connectivity index (χ1v) is 5.52. The fourth-order valence-corrected chi connectivity index (χ4v) is 2.00. The van der Waals surface area contributed by atoms with E-state index in [4.69, 9.17) is 23.2 Å². The van der Waals surface area contributed by atoms with Crippen molar-refractivity contribution in [3.63, 3.8) is 0 Å². The molecule has 0 spiro atoms. The second kappa shape index (κ2) is 4.45. The fraction of sp³-hybridized carbons (Fsp3) is 0.182. The Kier molecular flexibility index (Phi) is 3.19. The number of hydrogen-bond donors (Lipinski definition) is 1. The molecule has 0 bridgehead atoms. The molecule has 1 unspecified atom stereocenters. The number of halogens is 2. The molecule has 2 aromatic rings. The van der Waals surface area contributed by atoms with Crippen molar-refractivity contribution >= 4 is 23.2 Å². The van der Waals surface area contributed by atoms with Gasteiger partial charge in [-0.3, -0.25) is 0 Å². The highest BCUT2D eigenvalue weighted by Gasteiger charge is 2.12. The summed E-state index contributed by atoms with van der Waals surface area (Å²) in [5.74, 6) is 0.546. The maximum absolute atomic E-state index is 9.55. The predicted molar refractivity (Wildman–Crippen MR) is 64.2 cm³/mol. The van der Waals surface area contributed by atoms with Gasteiger partial charge >= 0.3 is 0 Å². The number of aromatic nitrogens is 2. The van der Waals surface area contributed by atoms with Crippen LogP contribution in [-0.2, 0) is 0 Å². The Morgan fingerprint density at radius 2 is 2.12 bits per heavy atom. The van der Waals surface area contributed by atoms with E-state index >= 15 is 0 Å². The molecule has 0 aliphatic heterocycles. The first kappa shape index (κ1) is 11.5. The van der Waals surface area contributed by atoms with Crippen molar-refractivity contribution in [3.8, 4) is 5.69 Å². The number of rotatable bonds is 2. The topological polar surface area (TPSA) is 38.1 Å². The standard InChI is InChI=1S/C11H10Cl2N2O/c1-7(16)11-14-4-5-15(11)10-3-2-8(12)6-9(10)13/h2-7,16H,1H3. The normalized spacial score (nSPS) is 12.8. The summed E-state index contributed by atoms with van der Waals surface area (Å²) in [5, 5.41) is 10.6. The number of imidazole rings is 1. The van der Waals surface area contributed by atoms with Gasteiger partial charge in [0.2, 0.25) is 0 Å². The first-order chi connectivity index (χ1) is 7.59. The third-order valence-electron chi connectivity index (χ3n) is 2.21. The minimum Gasteiger partial charge on any atom is -0.385 e. The smallest absolute Gasteiger partial charge is 0.141 e. The monoisotopic (exact) mass is 256 g/mol. The number of benzene rings is 1. The Morgan fingerprint density at radius 3 is 2.75 bits per heavy atom. The zero-order valence-corrected chi connectivity index (χ0v) is 10.1. The zero-order valence-electron chi connectivity index (χ0n) is 8.56. The van der Waals surface area contributed by atoms with E-state index in [-0.39, 0.29) is 0 Å². The summed E-state index contributed by atoms with van der Waals surface area (Å²) in [7, 11) is 0. The molecular weight excluding hydrogens is 247 g/mol. The molecule has 0 aliphatic carbocycles. The molecule has 0 aliphatic rings. The van der Waals surface area contributed by atoms with Crippen molar-refractivity contribution in [2.75, 3.05) is 0 Å². The van der Waals surface area contributed by atoms with Crippen molar-refractivity contribution < 1.29 is 5.11 Å². The maximum Gasteiger partial charge on any atom is 0.141 e. The van der Waals surface area contributed by atoms with Gasteiger partial charge in [-0.25, -0.2) is 4.98 Å². The van der Waals surface area contributed by atoms with Crippen molar-refractivity contribution in [3.05, 3.63) is 46.5 Å². The molecular formula is C11H10Cl2N2O. The molecule has 3 nitrogen and oxygen atoms in total. The Balaban J connectivity index is 2.54. The van der Waals surface area contributed by atoms with E-state index in [1.807, 2.05) is 0 Å². The minimum absolute atomic E-state index is 0.521. The molecule has 1 N–H and O–H groups in total. The third kappa shape index (κ3) is 2.07. The van der Waals surface area contributed by atoms with Gasteiger partial charge in [-0.2, -0.15) is 0 Å². The Morgan fingerprint density at radius 1 is 1.38 bits per heavy atom. The SMILES string of the molecule is CC(O)c1nccn1-c1ccc(Cl)cc1Cl. The van der Waals surface area contributed by atoms with Crippen LogP contribution in [-0.4, -0.2) is 14.7 Å². The number of nitrogens with zero attached hydrogens (tertiary/aromatic N) is 2. The van der Waals surface area contributed by atoms with E-state index in [1.165, 1.54) is 0 Å². The lowest BCUT2D eigenvalue weighted by Crippen LogP contribution is -2.04. The van der Waals surface area contributed by atoms with E-state index in [1.54, 1.807) is 42.1 Å². The molecule has 1 heterocycles. The molecule has 5 heteroatoms. The molecule has 2 rings (SSSR count). The van der Waals surface area contributed by atoms with E-state index in [9.17, 15) is 5.11 Å². The van der Waals surface area contributed by atoms with Gasteiger partial charge in [-0.15, -0.1) is 0 Å². The van der Waals surface area contributed by atoms with Crippen LogP contribution < -0.4 is 0 Å². The van der Waals surface area contributed by atoms with Gasteiger partial charge in [0.25, 0.3) is 0 Å². The molecule has 0 saturated carbocycles. The molecule has 0 amide bonds. The van der Waals surface area contributed by atoms with Crippen molar-refractivity contribution in [2.24, 2.45) is 0 Å². The van der Waals surface area contributed by atoms with Crippen molar-refractivity contribution in [2.45, 2.75) is 13.0 Å². The van der Waals surface area contributed by atoms with Gasteiger partial charge in [0, 0.05) is 17.4 Å². The molecule has 0 saturated heterocycles. The lowest BCUT2D eigenvalue weighted by molar-refractivity contribution is 0.187. The van der Waals surface area contributed by atoms with Crippen LogP contribution in [0.5, 0.6) is 0 Å². The quantitative estimate of drug-likeness (QED) is 0.896. The van der Waals surface area contributed by atoms with Crippen LogP contribution in [0.25, 0.3) is 5.69 Å². The second-order valence-electron chi connectivity index (χ2n) is 3.43. The van der Waals surface area contributed by atoms with Gasteiger partial charge in [-0.1, -0.05) is 23.2 Å². The van der Waals surface area contributed by atoms with E-state index in [2.05, 4.69) is 4.98 Å². The summed E-state index contributed by atoms with van der Waals surface area (Å²) in [6.45, 7) is 1.66. The van der Waals surface area contributed by atoms with E-state index in [0.29, 0.717) is 15.9 Å². The van der Waals surface area contributed by atoms with Crippen LogP contribution in [0.4, 0.5) is 0 Å². The molecule has 1 aromatic heterocycles. The highest BCUT2D eigenvalue weighted by molar-refractivity contribution is 6.35. The van der Waals surface area contributed by atoms with Gasteiger partial charge in [0.15, 0.2) is 0 Å². The van der Waals surface area contributed by atoms with Crippen LogP contribution >= 0.6 is 23.2 Å². The summed E-state index contributed by atoms with van der Waals surface area (Å²) in [6, 6.07) is 5.19. The first-order valence-electron chi connectivity index (χ1n) is 4.76. The summed E-state index contributed by atoms with van der Waals surface area (Å²) >= 11 is 11.9. The molecule has 1 aromatic carbocycles. The van der Waals surface area contributed by atoms with E-state index < -0.39 is 6.10 Å². The van der Waals surface area contributed by atoms with Crippen LogP contribution in [0.3, 0.4) is 0 Å². The van der Waals surface area contributed by atoms with Crippen molar-refractivity contribution in [1.29, 1.82) is 0 Å². The minimum atomic E-state index is -0.651. The largest absolute Gasteiger partial charge is 0.385 e. The maximum atomic E-state index is 9.55. The van der Waals surface area contributed by atoms with Crippen LogP contribution in [0, 0.1) is 0 Å². The summed E-state index contributed by atoms with van der Waals surface area (Å²) in [4.78, 5) is 4.08. The van der Waals surface area contributed by atoms with Gasteiger partial charge < -0.3 is 9.67 Å². The van der Waals surface area contributed by atoms with E-state index in [0.717, 1.165) is 5.69 Å². The lowest BCUT2D eigenvalue weighted by Gasteiger charge is -2.11. The summed E-state index contributed by atoms with van der Waals surface area (Å²) in [5.41, 5.74) is 0.750. The van der Waals surface area contributed by atoms with Crippen LogP contribution in [0.2, 0.25) is 10.0 Å². The Labute approximate surface area is 103 Å². The van der Waals surface area contributed by atoms with Gasteiger partial charge in [0.1, 0.15) is 11.9 Å². The molecule has 1 atom stereocenters. The number of hydrogen-bond acceptors (Lipinski definition) is 2. The zero-order chi connectivity index (χ0) is 11.7. The highest BCUT2D eigenvalue weighted by Crippen LogP contribution is 2.26. The third-order valence-corrected chi connectivity index (χ3v) is 2.75. The second-order valence-corrected chi connectivity index (χ2v) is 4.27. The van der Waals surface area contributed by atoms with Crippen molar-refractivity contribution in [1.82, 2.24) is 9.55 Å². The molecule has 16 heavy (non-hydrogen) atoms. The average Bonchev–Trinajstić information content (AvgIpc) is 2.66. The molecule has 0 radical (unpaired) electrons. The Bertz CT molecular complexity index is 508. The van der Waals surface area contributed by atoms with Gasteiger partial charge in [0.05, 0.1) is 10.7 Å². The number of aliphatic hydroxyl groups is 1. The van der Waals surface area contributed by atoms with Crippen LogP contribution in [0.1, 0.15) is 18.9 Å². The highest BCUT2D eigenvalue weighted by atomic mass is 35.5. The molecule has 0 fully saturated rings. The average molecular weight is 257 g/mol. The fourth-order valence-electron chi connectivity index (χ4n) is 1.50. The molecule has 84 valence electrons. The van der Waals surface area contributed by atoms with Gasteiger partial charge in [-0.05, 0) is 25.1 Å². The summed E-state index contributed by atoms with van der Waals surface area (Å²) < 4.78 is 1.74. The van der Waals surface area contributed by atoms with Crippen LogP contribution in [0.15, 0.2) is 30.6 Å². The lowest BCUT2D eigenvalue weighted by atomic mass is 10.3.